The van der Waals surface area contributed by atoms with Gasteiger partial charge >= 0.3 is 0 Å². The average molecular weight is 455 g/mol. The Bertz CT molecular complexity index is 1070. The zero-order valence-electron chi connectivity index (χ0n) is 15.4. The van der Waals surface area contributed by atoms with E-state index < -0.39 is 22.0 Å². The van der Waals surface area contributed by atoms with E-state index in [4.69, 9.17) is 16.3 Å². The highest BCUT2D eigenvalue weighted by molar-refractivity contribution is 7.89. The molecule has 2 heterocycles. The maximum absolute atomic E-state index is 12.5. The Labute approximate surface area is 177 Å². The van der Waals surface area contributed by atoms with E-state index in [-0.39, 0.29) is 18.0 Å². The lowest BCUT2D eigenvalue weighted by Gasteiger charge is -2.20. The van der Waals surface area contributed by atoms with Gasteiger partial charge in [-0.2, -0.15) is 5.10 Å². The van der Waals surface area contributed by atoms with Crippen LogP contribution in [0.1, 0.15) is 11.6 Å². The van der Waals surface area contributed by atoms with Gasteiger partial charge in [-0.3, -0.25) is 9.48 Å². The topological polar surface area (TPSA) is 102 Å². The van der Waals surface area contributed by atoms with E-state index in [1.807, 2.05) is 18.2 Å². The minimum atomic E-state index is -3.76. The van der Waals surface area contributed by atoms with Crippen LogP contribution in [0.5, 0.6) is 5.75 Å². The van der Waals surface area contributed by atoms with Crippen LogP contribution in [0.15, 0.2) is 59.1 Å². The Balaban J connectivity index is 1.66. The number of nitrogens with zero attached hydrogens (tertiary/aromatic N) is 2. The summed E-state index contributed by atoms with van der Waals surface area (Å²) in [6.45, 7) is -0.276. The summed E-state index contributed by atoms with van der Waals surface area (Å²) in [4.78, 5) is 12.4. The van der Waals surface area contributed by atoms with E-state index in [0.717, 1.165) is 5.56 Å². The molecule has 0 fully saturated rings. The normalized spacial score (nSPS) is 12.5. The predicted molar refractivity (Wildman–Crippen MR) is 111 cm³/mol. The fourth-order valence-corrected chi connectivity index (χ4v) is 4.37. The van der Waals surface area contributed by atoms with Crippen LogP contribution in [0.2, 0.25) is 4.34 Å². The molecular weight excluding hydrogens is 436 g/mol. The zero-order valence-corrected chi connectivity index (χ0v) is 17.8. The van der Waals surface area contributed by atoms with Crippen LogP contribution in [0, 0.1) is 0 Å². The van der Waals surface area contributed by atoms with Gasteiger partial charge < -0.3 is 10.1 Å². The molecule has 2 aromatic heterocycles. The van der Waals surface area contributed by atoms with Gasteiger partial charge in [-0.25, -0.2) is 13.1 Å². The first-order valence-electron chi connectivity index (χ1n) is 8.53. The van der Waals surface area contributed by atoms with Gasteiger partial charge in [-0.05, 0) is 17.0 Å². The Morgan fingerprint density at radius 1 is 1.31 bits per heavy atom. The largest absolute Gasteiger partial charge is 0.481 e. The Morgan fingerprint density at radius 2 is 2.07 bits per heavy atom. The zero-order chi connectivity index (χ0) is 20.9. The summed E-state index contributed by atoms with van der Waals surface area (Å²) < 4.78 is 34.7. The lowest BCUT2D eigenvalue weighted by molar-refractivity contribution is -0.123. The van der Waals surface area contributed by atoms with Crippen molar-refractivity contribution in [1.29, 1.82) is 0 Å². The number of ether oxygens (including phenoxy) is 1. The molecule has 2 N–H and O–H groups in total. The van der Waals surface area contributed by atoms with Crippen LogP contribution >= 0.6 is 22.9 Å². The summed E-state index contributed by atoms with van der Waals surface area (Å²) >= 11 is 7.27. The van der Waals surface area contributed by atoms with Crippen LogP contribution in [0.3, 0.4) is 0 Å². The molecule has 154 valence electrons. The van der Waals surface area contributed by atoms with Gasteiger partial charge in [0.25, 0.3) is 5.91 Å². The Hall–Kier alpha value is -2.40. The number of thiophene rings is 1. The maximum Gasteiger partial charge on any atom is 0.258 e. The van der Waals surface area contributed by atoms with Crippen LogP contribution in [-0.4, -0.2) is 37.3 Å². The summed E-state index contributed by atoms with van der Waals surface area (Å²) in [6.07, 6.45) is 2.66. The summed E-state index contributed by atoms with van der Waals surface area (Å²) in [5.74, 6) is 0.0297. The number of carbonyl (C=O) groups excluding carboxylic acids is 1. The number of rotatable bonds is 9. The van der Waals surface area contributed by atoms with E-state index in [1.54, 1.807) is 30.6 Å². The van der Waals surface area contributed by atoms with Gasteiger partial charge in [-0.15, -0.1) is 11.3 Å². The minimum absolute atomic E-state index is 0.0355. The number of sulfonamides is 1. The van der Waals surface area contributed by atoms with Crippen molar-refractivity contribution in [1.82, 2.24) is 19.8 Å². The maximum atomic E-state index is 12.5. The molecular formula is C18H19ClN4O4S2. The number of aryl methyl sites for hydroxylation is 1. The highest BCUT2D eigenvalue weighted by Gasteiger charge is 2.21. The van der Waals surface area contributed by atoms with Crippen molar-refractivity contribution in [3.05, 3.63) is 64.1 Å². The van der Waals surface area contributed by atoms with Crippen molar-refractivity contribution in [2.45, 2.75) is 10.9 Å². The molecule has 0 aliphatic heterocycles. The number of hydrogen-bond donors (Lipinski definition) is 2. The molecule has 0 spiro atoms. The van der Waals surface area contributed by atoms with E-state index >= 15 is 0 Å². The molecule has 1 unspecified atom stereocenters. The number of benzene rings is 1. The molecule has 3 aromatic rings. The summed E-state index contributed by atoms with van der Waals surface area (Å²) in [5, 5.41) is 8.43. The van der Waals surface area contributed by atoms with Gasteiger partial charge in [0.15, 0.2) is 6.61 Å². The molecule has 0 bridgehead atoms. The fourth-order valence-electron chi connectivity index (χ4n) is 2.51. The van der Waals surface area contributed by atoms with Gasteiger partial charge in [0, 0.05) is 19.8 Å². The summed E-state index contributed by atoms with van der Waals surface area (Å²) in [6, 6.07) is 10.2. The first kappa shape index (κ1) is 21.3. The molecule has 0 saturated carbocycles. The molecule has 0 saturated heterocycles. The van der Waals surface area contributed by atoms with Crippen molar-refractivity contribution >= 4 is 38.9 Å². The van der Waals surface area contributed by atoms with E-state index in [9.17, 15) is 13.2 Å². The minimum Gasteiger partial charge on any atom is -0.481 e. The predicted octanol–water partition coefficient (Wildman–Crippen LogP) is 2.35. The quantitative estimate of drug-likeness (QED) is 0.516. The molecule has 0 aliphatic carbocycles. The molecule has 0 aliphatic rings. The second kappa shape index (κ2) is 9.40. The fraction of sp³-hybridized carbons (Fsp3) is 0.222. The van der Waals surface area contributed by atoms with Gasteiger partial charge in [-0.1, -0.05) is 41.9 Å². The number of aromatic nitrogens is 2. The molecule has 11 heteroatoms. The van der Waals surface area contributed by atoms with Gasteiger partial charge in [0.05, 0.1) is 12.2 Å². The number of nitrogens with one attached hydrogen (secondary N) is 2. The molecule has 3 rings (SSSR count). The number of halogens is 1. The monoisotopic (exact) mass is 454 g/mol. The van der Waals surface area contributed by atoms with Gasteiger partial charge in [0.1, 0.15) is 15.0 Å². The summed E-state index contributed by atoms with van der Waals surface area (Å²) in [7, 11) is -2.13. The number of hydrogen-bond acceptors (Lipinski definition) is 6. The third kappa shape index (κ3) is 5.80. The smallest absolute Gasteiger partial charge is 0.258 e. The molecule has 1 amide bonds. The SMILES string of the molecule is Cn1cc(S(=O)(=O)NCC(NC(=O)COc2ccsc2Cl)c2ccccc2)cn1. The van der Waals surface area contributed by atoms with E-state index in [0.29, 0.717) is 10.1 Å². The van der Waals surface area contributed by atoms with Crippen molar-refractivity contribution in [2.24, 2.45) is 7.05 Å². The molecule has 8 nitrogen and oxygen atoms in total. The highest BCUT2D eigenvalue weighted by atomic mass is 35.5. The lowest BCUT2D eigenvalue weighted by Crippen LogP contribution is -2.39. The van der Waals surface area contributed by atoms with Crippen molar-refractivity contribution < 1.29 is 17.9 Å². The van der Waals surface area contributed by atoms with Crippen LogP contribution in [0.4, 0.5) is 0 Å². The first-order chi connectivity index (χ1) is 13.8. The Morgan fingerprint density at radius 3 is 2.69 bits per heavy atom. The van der Waals surface area contributed by atoms with Crippen LogP contribution in [-0.2, 0) is 21.9 Å². The van der Waals surface area contributed by atoms with E-state index in [2.05, 4.69) is 15.1 Å². The molecule has 0 radical (unpaired) electrons. The van der Waals surface area contributed by atoms with E-state index in [1.165, 1.54) is 28.4 Å². The molecule has 29 heavy (non-hydrogen) atoms. The van der Waals surface area contributed by atoms with Crippen LogP contribution in [0.25, 0.3) is 0 Å². The number of amides is 1. The van der Waals surface area contributed by atoms with Crippen molar-refractivity contribution in [3.63, 3.8) is 0 Å². The molecule has 1 atom stereocenters. The lowest BCUT2D eigenvalue weighted by atomic mass is 10.1. The second-order valence-corrected chi connectivity index (χ2v) is 9.36. The third-order valence-electron chi connectivity index (χ3n) is 3.95. The van der Waals surface area contributed by atoms with Crippen molar-refractivity contribution in [3.8, 4) is 5.75 Å². The first-order valence-corrected chi connectivity index (χ1v) is 11.3. The molecule has 1 aromatic carbocycles. The second-order valence-electron chi connectivity index (χ2n) is 6.08. The van der Waals surface area contributed by atoms with Crippen molar-refractivity contribution in [2.75, 3.05) is 13.2 Å². The summed E-state index contributed by atoms with van der Waals surface area (Å²) in [5.41, 5.74) is 0.753. The third-order valence-corrected chi connectivity index (χ3v) is 6.46. The van der Waals surface area contributed by atoms with Crippen LogP contribution < -0.4 is 14.8 Å². The highest BCUT2D eigenvalue weighted by Crippen LogP contribution is 2.29. The Kier molecular flexibility index (Phi) is 6.91. The average Bonchev–Trinajstić information content (AvgIpc) is 3.32. The number of carbonyl (C=O) groups is 1. The van der Waals surface area contributed by atoms with Gasteiger partial charge in [0.2, 0.25) is 10.0 Å². The standard InChI is InChI=1S/C18H19ClN4O4S2/c1-23-11-14(9-20-23)29(25,26)21-10-15(13-5-3-2-4-6-13)22-17(24)12-27-16-7-8-28-18(16)19/h2-9,11,15,21H,10,12H2,1H3,(H,22,24).